The van der Waals surface area contributed by atoms with Crippen LogP contribution in [0.3, 0.4) is 0 Å². The summed E-state index contributed by atoms with van der Waals surface area (Å²) in [5.74, 6) is 0.343. The van der Waals surface area contributed by atoms with Gasteiger partial charge in [0.05, 0.1) is 6.10 Å². The van der Waals surface area contributed by atoms with E-state index in [0.29, 0.717) is 5.75 Å². The molecule has 0 saturated heterocycles. The third-order valence-electron chi connectivity index (χ3n) is 1.87. The van der Waals surface area contributed by atoms with Gasteiger partial charge < -0.3 is 14.6 Å². The monoisotopic (exact) mass is 224 g/mol. The lowest BCUT2D eigenvalue weighted by atomic mass is 10.2. The average molecular weight is 224 g/mol. The highest BCUT2D eigenvalue weighted by Gasteiger charge is 2.07. The number of phenolic OH excluding ortho intramolecular Hbond substituents is 1. The van der Waals surface area contributed by atoms with E-state index in [1.807, 2.05) is 0 Å². The summed E-state index contributed by atoms with van der Waals surface area (Å²) < 4.78 is 10.2. The molecule has 88 valence electrons. The van der Waals surface area contributed by atoms with Crippen molar-refractivity contribution in [2.45, 2.75) is 26.9 Å². The van der Waals surface area contributed by atoms with Gasteiger partial charge in [0.2, 0.25) is 0 Å². The van der Waals surface area contributed by atoms with Crippen LogP contribution in [-0.2, 0) is 9.53 Å². The Bertz CT molecular complexity index is 371. The van der Waals surface area contributed by atoms with Crippen molar-refractivity contribution in [1.82, 2.24) is 0 Å². The molecule has 1 aromatic carbocycles. The van der Waals surface area contributed by atoms with Crippen molar-refractivity contribution in [3.05, 3.63) is 23.8 Å². The van der Waals surface area contributed by atoms with Gasteiger partial charge in [0.25, 0.3) is 0 Å². The Morgan fingerprint density at radius 3 is 2.69 bits per heavy atom. The summed E-state index contributed by atoms with van der Waals surface area (Å²) in [5.41, 5.74) is 0.775. The number of aromatic hydroxyl groups is 1. The SMILES string of the molecule is Cc1cc(O)ccc1OCC(=O)OC(C)C. The van der Waals surface area contributed by atoms with Crippen LogP contribution in [0.15, 0.2) is 18.2 Å². The number of aryl methyl sites for hydroxylation is 1. The van der Waals surface area contributed by atoms with E-state index in [1.165, 1.54) is 6.07 Å². The molecule has 4 heteroatoms. The average Bonchev–Trinajstić information content (AvgIpc) is 2.15. The molecule has 0 amide bonds. The fourth-order valence-corrected chi connectivity index (χ4v) is 1.23. The quantitative estimate of drug-likeness (QED) is 0.795. The van der Waals surface area contributed by atoms with E-state index in [9.17, 15) is 9.90 Å². The number of ether oxygens (including phenoxy) is 2. The van der Waals surface area contributed by atoms with E-state index < -0.39 is 5.97 Å². The van der Waals surface area contributed by atoms with Gasteiger partial charge in [0, 0.05) is 0 Å². The van der Waals surface area contributed by atoms with E-state index in [0.717, 1.165) is 5.56 Å². The molecule has 0 fully saturated rings. The molecule has 0 unspecified atom stereocenters. The first kappa shape index (κ1) is 12.4. The van der Waals surface area contributed by atoms with Crippen molar-refractivity contribution >= 4 is 5.97 Å². The van der Waals surface area contributed by atoms with Gasteiger partial charge in [0.15, 0.2) is 6.61 Å². The minimum absolute atomic E-state index is 0.121. The summed E-state index contributed by atoms with van der Waals surface area (Å²) in [5, 5.41) is 9.19. The molecule has 0 spiro atoms. The van der Waals surface area contributed by atoms with Crippen LogP contribution in [0.25, 0.3) is 0 Å². The first-order chi connectivity index (χ1) is 7.49. The third kappa shape index (κ3) is 3.81. The molecule has 1 rings (SSSR count). The second-order valence-electron chi connectivity index (χ2n) is 3.78. The lowest BCUT2D eigenvalue weighted by Crippen LogP contribution is -2.18. The topological polar surface area (TPSA) is 55.8 Å². The maximum absolute atomic E-state index is 11.2. The predicted octanol–water partition coefficient (Wildman–Crippen LogP) is 2.03. The molecule has 1 N–H and O–H groups in total. The number of hydrogen-bond donors (Lipinski definition) is 1. The third-order valence-corrected chi connectivity index (χ3v) is 1.87. The molecular formula is C12H16O4. The zero-order chi connectivity index (χ0) is 12.1. The lowest BCUT2D eigenvalue weighted by Gasteiger charge is -2.10. The zero-order valence-electron chi connectivity index (χ0n) is 9.69. The normalized spacial score (nSPS) is 10.2. The summed E-state index contributed by atoms with van der Waals surface area (Å²) in [6.07, 6.45) is -0.142. The molecule has 0 aliphatic carbocycles. The zero-order valence-corrected chi connectivity index (χ0v) is 9.69. The summed E-state index contributed by atoms with van der Waals surface area (Å²) >= 11 is 0. The number of phenols is 1. The van der Waals surface area contributed by atoms with Crippen molar-refractivity contribution in [3.8, 4) is 11.5 Å². The molecule has 0 atom stereocenters. The van der Waals surface area contributed by atoms with Gasteiger partial charge in [-0.25, -0.2) is 4.79 Å². The Morgan fingerprint density at radius 1 is 1.44 bits per heavy atom. The molecule has 0 radical (unpaired) electrons. The van der Waals surface area contributed by atoms with Gasteiger partial charge in [-0.2, -0.15) is 0 Å². The van der Waals surface area contributed by atoms with Crippen LogP contribution < -0.4 is 4.74 Å². The molecule has 0 heterocycles. The number of carbonyl (C=O) groups is 1. The second kappa shape index (κ2) is 5.39. The summed E-state index contributed by atoms with van der Waals surface area (Å²) in [4.78, 5) is 11.2. The van der Waals surface area contributed by atoms with Gasteiger partial charge in [-0.1, -0.05) is 0 Å². The summed E-state index contributed by atoms with van der Waals surface area (Å²) in [6, 6.07) is 4.70. The highest BCUT2D eigenvalue weighted by molar-refractivity contribution is 5.71. The maximum atomic E-state index is 11.2. The summed E-state index contributed by atoms with van der Waals surface area (Å²) in [6.45, 7) is 5.24. The lowest BCUT2D eigenvalue weighted by molar-refractivity contribution is -0.149. The predicted molar refractivity (Wildman–Crippen MR) is 59.6 cm³/mol. The van der Waals surface area contributed by atoms with Crippen molar-refractivity contribution < 1.29 is 19.4 Å². The van der Waals surface area contributed by atoms with Crippen LogP contribution >= 0.6 is 0 Å². The molecule has 0 saturated carbocycles. The Kier molecular flexibility index (Phi) is 4.17. The Balaban J connectivity index is 2.51. The molecule has 0 bridgehead atoms. The van der Waals surface area contributed by atoms with Gasteiger partial charge in [-0.05, 0) is 44.5 Å². The van der Waals surface area contributed by atoms with Crippen LogP contribution in [0.5, 0.6) is 11.5 Å². The standard InChI is InChI=1S/C12H16O4/c1-8(2)16-12(14)7-15-11-5-4-10(13)6-9(11)3/h4-6,8,13H,7H2,1-3H3. The number of benzene rings is 1. The molecule has 16 heavy (non-hydrogen) atoms. The first-order valence-corrected chi connectivity index (χ1v) is 5.11. The van der Waals surface area contributed by atoms with Crippen molar-refractivity contribution in [2.75, 3.05) is 6.61 Å². The fourth-order valence-electron chi connectivity index (χ4n) is 1.23. The number of rotatable bonds is 4. The van der Waals surface area contributed by atoms with Gasteiger partial charge in [-0.3, -0.25) is 0 Å². The Morgan fingerprint density at radius 2 is 2.12 bits per heavy atom. The molecule has 0 aromatic heterocycles. The highest BCUT2D eigenvalue weighted by Crippen LogP contribution is 2.22. The van der Waals surface area contributed by atoms with Crippen molar-refractivity contribution in [2.24, 2.45) is 0 Å². The van der Waals surface area contributed by atoms with Crippen LogP contribution in [0.1, 0.15) is 19.4 Å². The minimum atomic E-state index is -0.400. The largest absolute Gasteiger partial charge is 0.508 e. The van der Waals surface area contributed by atoms with Gasteiger partial charge in [-0.15, -0.1) is 0 Å². The molecule has 0 aliphatic rings. The van der Waals surface area contributed by atoms with Crippen LogP contribution in [0.2, 0.25) is 0 Å². The van der Waals surface area contributed by atoms with E-state index in [-0.39, 0.29) is 18.5 Å². The highest BCUT2D eigenvalue weighted by atomic mass is 16.6. The van der Waals surface area contributed by atoms with Gasteiger partial charge >= 0.3 is 5.97 Å². The Labute approximate surface area is 94.8 Å². The minimum Gasteiger partial charge on any atom is -0.508 e. The molecule has 0 aliphatic heterocycles. The summed E-state index contributed by atoms with van der Waals surface area (Å²) in [7, 11) is 0. The number of carbonyl (C=O) groups excluding carboxylic acids is 1. The molecule has 1 aromatic rings. The smallest absolute Gasteiger partial charge is 0.344 e. The number of esters is 1. The maximum Gasteiger partial charge on any atom is 0.344 e. The van der Waals surface area contributed by atoms with Crippen LogP contribution in [-0.4, -0.2) is 23.8 Å². The molecule has 4 nitrogen and oxygen atoms in total. The van der Waals surface area contributed by atoms with E-state index >= 15 is 0 Å². The van der Waals surface area contributed by atoms with Gasteiger partial charge in [0.1, 0.15) is 11.5 Å². The van der Waals surface area contributed by atoms with Crippen LogP contribution in [0.4, 0.5) is 0 Å². The first-order valence-electron chi connectivity index (χ1n) is 5.11. The Hall–Kier alpha value is -1.71. The van der Waals surface area contributed by atoms with E-state index in [1.54, 1.807) is 32.9 Å². The second-order valence-corrected chi connectivity index (χ2v) is 3.78. The fraction of sp³-hybridized carbons (Fsp3) is 0.417. The van der Waals surface area contributed by atoms with E-state index in [2.05, 4.69) is 0 Å². The van der Waals surface area contributed by atoms with E-state index in [4.69, 9.17) is 9.47 Å². The van der Waals surface area contributed by atoms with Crippen molar-refractivity contribution in [1.29, 1.82) is 0 Å². The molecular weight excluding hydrogens is 208 g/mol. The number of hydrogen-bond acceptors (Lipinski definition) is 4. The van der Waals surface area contributed by atoms with Crippen molar-refractivity contribution in [3.63, 3.8) is 0 Å². The van der Waals surface area contributed by atoms with Crippen LogP contribution in [0, 0.1) is 6.92 Å².